The zero-order valence-electron chi connectivity index (χ0n) is 11.3. The molecule has 19 heavy (non-hydrogen) atoms. The van der Waals surface area contributed by atoms with Crippen LogP contribution in [0.15, 0.2) is 6.07 Å². The van der Waals surface area contributed by atoms with E-state index in [1.54, 1.807) is 0 Å². The van der Waals surface area contributed by atoms with Gasteiger partial charge in [0.05, 0.1) is 4.88 Å². The summed E-state index contributed by atoms with van der Waals surface area (Å²) in [4.78, 5) is 26.6. The van der Waals surface area contributed by atoms with Gasteiger partial charge in [-0.05, 0) is 43.7 Å². The van der Waals surface area contributed by atoms with Gasteiger partial charge in [-0.2, -0.15) is 0 Å². The lowest BCUT2D eigenvalue weighted by Gasteiger charge is -2.19. The molecule has 1 saturated carbocycles. The predicted molar refractivity (Wildman–Crippen MR) is 74.7 cm³/mol. The lowest BCUT2D eigenvalue weighted by Crippen LogP contribution is -2.36. The van der Waals surface area contributed by atoms with Crippen molar-refractivity contribution in [2.45, 2.75) is 33.1 Å². The quantitative estimate of drug-likeness (QED) is 0.872. The number of hydrogen-bond acceptors (Lipinski definition) is 3. The van der Waals surface area contributed by atoms with Crippen LogP contribution in [0.25, 0.3) is 0 Å². The van der Waals surface area contributed by atoms with Crippen LogP contribution < -0.4 is 0 Å². The zero-order chi connectivity index (χ0) is 14.0. The molecule has 0 saturated heterocycles. The first kappa shape index (κ1) is 14.1. The van der Waals surface area contributed by atoms with Gasteiger partial charge in [-0.3, -0.25) is 9.59 Å². The highest BCUT2D eigenvalue weighted by molar-refractivity contribution is 7.14. The van der Waals surface area contributed by atoms with Gasteiger partial charge in [-0.25, -0.2) is 0 Å². The predicted octanol–water partition coefficient (Wildman–Crippen LogP) is 2.56. The first-order valence-corrected chi connectivity index (χ1v) is 7.43. The van der Waals surface area contributed by atoms with E-state index >= 15 is 0 Å². The number of amides is 1. The Bertz CT molecular complexity index is 491. The topological polar surface area (TPSA) is 57.6 Å². The van der Waals surface area contributed by atoms with Gasteiger partial charge in [0.2, 0.25) is 0 Å². The molecule has 1 aromatic heterocycles. The van der Waals surface area contributed by atoms with E-state index in [1.807, 2.05) is 13.0 Å². The highest BCUT2D eigenvalue weighted by Gasteiger charge is 2.29. The molecule has 1 aliphatic rings. The lowest BCUT2D eigenvalue weighted by molar-refractivity contribution is -0.137. The highest BCUT2D eigenvalue weighted by Crippen LogP contribution is 2.31. The molecule has 2 rings (SSSR count). The summed E-state index contributed by atoms with van der Waals surface area (Å²) in [5.74, 6) is -0.588. The third-order valence-corrected chi connectivity index (χ3v) is 4.71. The maximum atomic E-state index is 12.4. The van der Waals surface area contributed by atoms with E-state index in [2.05, 4.69) is 6.92 Å². The number of carboxylic acids is 1. The standard InChI is InChI=1S/C14H19NO3S/c1-3-11-9(2)6-12(19-11)14(18)15(8-13(16)17)7-10-4-5-10/h6,10H,3-5,7-8H2,1-2H3,(H,16,17). The van der Waals surface area contributed by atoms with Gasteiger partial charge >= 0.3 is 5.97 Å². The Hall–Kier alpha value is -1.36. The summed E-state index contributed by atoms with van der Waals surface area (Å²) in [7, 11) is 0. The second kappa shape index (κ2) is 5.74. The SMILES string of the molecule is CCc1sc(C(=O)N(CC(=O)O)CC2CC2)cc1C. The maximum Gasteiger partial charge on any atom is 0.323 e. The largest absolute Gasteiger partial charge is 0.480 e. The molecule has 1 fully saturated rings. The van der Waals surface area contributed by atoms with Gasteiger partial charge in [-0.15, -0.1) is 11.3 Å². The summed E-state index contributed by atoms with van der Waals surface area (Å²) < 4.78 is 0. The molecule has 5 heteroatoms. The van der Waals surface area contributed by atoms with Crippen molar-refractivity contribution in [1.82, 2.24) is 4.90 Å². The number of thiophene rings is 1. The van der Waals surface area contributed by atoms with Gasteiger partial charge in [0.15, 0.2) is 0 Å². The van der Waals surface area contributed by atoms with Crippen molar-refractivity contribution in [3.05, 3.63) is 21.4 Å². The minimum Gasteiger partial charge on any atom is -0.480 e. The Morgan fingerprint density at radius 2 is 2.16 bits per heavy atom. The summed E-state index contributed by atoms with van der Waals surface area (Å²) >= 11 is 1.49. The van der Waals surface area contributed by atoms with Crippen LogP contribution in [0.4, 0.5) is 0 Å². The molecule has 1 aliphatic carbocycles. The average molecular weight is 281 g/mol. The van der Waals surface area contributed by atoms with Gasteiger partial charge in [-0.1, -0.05) is 6.92 Å². The van der Waals surface area contributed by atoms with Crippen LogP contribution in [0.3, 0.4) is 0 Å². The van der Waals surface area contributed by atoms with Crippen molar-refractivity contribution in [3.63, 3.8) is 0 Å². The van der Waals surface area contributed by atoms with Crippen molar-refractivity contribution in [2.75, 3.05) is 13.1 Å². The molecule has 0 spiro atoms. The minimum atomic E-state index is -0.946. The second-order valence-electron chi connectivity index (χ2n) is 5.09. The van der Waals surface area contributed by atoms with Gasteiger partial charge in [0.25, 0.3) is 5.91 Å². The van der Waals surface area contributed by atoms with Crippen LogP contribution in [-0.2, 0) is 11.2 Å². The fourth-order valence-corrected chi connectivity index (χ4v) is 3.21. The number of nitrogens with zero attached hydrogens (tertiary/aromatic N) is 1. The molecule has 1 aromatic rings. The number of carbonyl (C=O) groups is 2. The summed E-state index contributed by atoms with van der Waals surface area (Å²) in [6, 6.07) is 1.88. The highest BCUT2D eigenvalue weighted by atomic mass is 32.1. The molecular formula is C14H19NO3S. The van der Waals surface area contributed by atoms with Crippen LogP contribution in [0.1, 0.15) is 39.9 Å². The third-order valence-electron chi connectivity index (χ3n) is 3.34. The van der Waals surface area contributed by atoms with Gasteiger partial charge in [0.1, 0.15) is 6.54 Å². The fraction of sp³-hybridized carbons (Fsp3) is 0.571. The number of carbonyl (C=O) groups excluding carboxylic acids is 1. The zero-order valence-corrected chi connectivity index (χ0v) is 12.1. The lowest BCUT2D eigenvalue weighted by atomic mass is 10.2. The molecule has 0 aliphatic heterocycles. The van der Waals surface area contributed by atoms with E-state index in [0.717, 1.165) is 24.8 Å². The monoisotopic (exact) mass is 281 g/mol. The number of aryl methyl sites for hydroxylation is 2. The number of hydrogen-bond donors (Lipinski definition) is 1. The first-order valence-electron chi connectivity index (χ1n) is 6.61. The molecule has 104 valence electrons. The van der Waals surface area contributed by atoms with Crippen LogP contribution in [0, 0.1) is 12.8 Å². The molecule has 0 unspecified atom stereocenters. The van der Waals surface area contributed by atoms with Crippen molar-refractivity contribution < 1.29 is 14.7 Å². The molecule has 4 nitrogen and oxygen atoms in total. The molecule has 0 aromatic carbocycles. The number of aliphatic carboxylic acids is 1. The summed E-state index contributed by atoms with van der Waals surface area (Å²) in [6.45, 7) is 4.43. The van der Waals surface area contributed by atoms with E-state index in [9.17, 15) is 9.59 Å². The first-order chi connectivity index (χ1) is 9.01. The van der Waals surface area contributed by atoms with Crippen molar-refractivity contribution in [2.24, 2.45) is 5.92 Å². The average Bonchev–Trinajstić information content (AvgIpc) is 3.08. The Morgan fingerprint density at radius 1 is 1.47 bits per heavy atom. The maximum absolute atomic E-state index is 12.4. The van der Waals surface area contributed by atoms with E-state index in [4.69, 9.17) is 5.11 Å². The van der Waals surface area contributed by atoms with Crippen LogP contribution in [-0.4, -0.2) is 35.0 Å². The molecular weight excluding hydrogens is 262 g/mol. The molecule has 1 amide bonds. The van der Waals surface area contributed by atoms with E-state index < -0.39 is 5.97 Å². The number of rotatable bonds is 6. The van der Waals surface area contributed by atoms with Crippen LogP contribution in [0.5, 0.6) is 0 Å². The fourth-order valence-electron chi connectivity index (χ4n) is 2.13. The van der Waals surface area contributed by atoms with Crippen molar-refractivity contribution in [3.8, 4) is 0 Å². The molecule has 1 N–H and O–H groups in total. The summed E-state index contributed by atoms with van der Waals surface area (Å²) in [5, 5.41) is 8.93. The van der Waals surface area contributed by atoms with Crippen molar-refractivity contribution in [1.29, 1.82) is 0 Å². The van der Waals surface area contributed by atoms with Gasteiger partial charge in [0, 0.05) is 11.4 Å². The Morgan fingerprint density at radius 3 is 2.63 bits per heavy atom. The van der Waals surface area contributed by atoms with Crippen LogP contribution in [0.2, 0.25) is 0 Å². The summed E-state index contributed by atoms with van der Waals surface area (Å²) in [6.07, 6.45) is 3.12. The molecule has 1 heterocycles. The Balaban J connectivity index is 2.13. The van der Waals surface area contributed by atoms with Crippen LogP contribution >= 0.6 is 11.3 Å². The minimum absolute atomic E-state index is 0.137. The van der Waals surface area contributed by atoms with Crippen molar-refractivity contribution >= 4 is 23.2 Å². The third kappa shape index (κ3) is 3.56. The van der Waals surface area contributed by atoms with Gasteiger partial charge < -0.3 is 10.0 Å². The molecule has 0 atom stereocenters. The second-order valence-corrected chi connectivity index (χ2v) is 6.23. The Labute approximate surface area is 117 Å². The van der Waals surface area contributed by atoms with E-state index in [1.165, 1.54) is 21.1 Å². The number of carboxylic acid groups (broad SMARTS) is 1. The normalized spacial score (nSPS) is 14.4. The molecule has 0 bridgehead atoms. The van der Waals surface area contributed by atoms with E-state index in [-0.39, 0.29) is 12.5 Å². The summed E-state index contributed by atoms with van der Waals surface area (Å²) in [5.41, 5.74) is 1.12. The molecule has 0 radical (unpaired) electrons. The smallest absolute Gasteiger partial charge is 0.323 e. The van der Waals surface area contributed by atoms with E-state index in [0.29, 0.717) is 17.3 Å². The Kier molecular flexibility index (Phi) is 4.24.